The first-order valence-corrected chi connectivity index (χ1v) is 5.37. The molecule has 84 valence electrons. The molecule has 1 aromatic carbocycles. The molecule has 3 nitrogen and oxygen atoms in total. The number of anilines is 1. The molecule has 0 aliphatic rings. The molecular weight excluding hydrogens is 188 g/mol. The monoisotopic (exact) mass is 208 g/mol. The Morgan fingerprint density at radius 1 is 1.33 bits per heavy atom. The number of nitrogen functional groups attached to an aromatic ring is 1. The van der Waals surface area contributed by atoms with Crippen molar-refractivity contribution >= 4 is 5.69 Å². The maximum Gasteiger partial charge on any atom is 0.0587 e. The molecule has 0 unspecified atom stereocenters. The van der Waals surface area contributed by atoms with Gasteiger partial charge in [-0.3, -0.25) is 0 Å². The van der Waals surface area contributed by atoms with Gasteiger partial charge in [-0.1, -0.05) is 12.1 Å². The van der Waals surface area contributed by atoms with Crippen LogP contribution in [0.2, 0.25) is 0 Å². The Kier molecular flexibility index (Phi) is 5.81. The van der Waals surface area contributed by atoms with Gasteiger partial charge >= 0.3 is 0 Å². The summed E-state index contributed by atoms with van der Waals surface area (Å²) in [5.74, 6) is 0. The van der Waals surface area contributed by atoms with Gasteiger partial charge in [0.1, 0.15) is 0 Å². The Hall–Kier alpha value is -1.06. The number of hydrogen-bond acceptors (Lipinski definition) is 3. The van der Waals surface area contributed by atoms with Crippen molar-refractivity contribution in [3.05, 3.63) is 29.8 Å². The molecule has 1 aromatic rings. The normalized spacial score (nSPS) is 10.5. The summed E-state index contributed by atoms with van der Waals surface area (Å²) in [6.45, 7) is 2.73. The first kappa shape index (κ1) is 12.0. The molecule has 15 heavy (non-hydrogen) atoms. The van der Waals surface area contributed by atoms with Crippen molar-refractivity contribution in [1.82, 2.24) is 5.32 Å². The fourth-order valence-corrected chi connectivity index (χ4v) is 1.47. The largest absolute Gasteiger partial charge is 0.399 e. The first-order valence-electron chi connectivity index (χ1n) is 5.37. The quantitative estimate of drug-likeness (QED) is 0.526. The SMILES string of the molecule is COCCNCCCc1cccc(N)c1. The van der Waals surface area contributed by atoms with Crippen LogP contribution in [0, 0.1) is 0 Å². The third-order valence-electron chi connectivity index (χ3n) is 2.25. The Balaban J connectivity index is 2.10. The van der Waals surface area contributed by atoms with Crippen molar-refractivity contribution in [3.8, 4) is 0 Å². The minimum absolute atomic E-state index is 0.776. The van der Waals surface area contributed by atoms with Gasteiger partial charge in [-0.15, -0.1) is 0 Å². The van der Waals surface area contributed by atoms with Crippen molar-refractivity contribution in [1.29, 1.82) is 0 Å². The Labute approximate surface area is 91.6 Å². The van der Waals surface area contributed by atoms with E-state index >= 15 is 0 Å². The number of nitrogens with one attached hydrogen (secondary N) is 1. The predicted octanol–water partition coefficient (Wildman–Crippen LogP) is 1.44. The van der Waals surface area contributed by atoms with Crippen LogP contribution in [-0.2, 0) is 11.2 Å². The molecule has 0 saturated heterocycles. The summed E-state index contributed by atoms with van der Waals surface area (Å²) in [6.07, 6.45) is 2.21. The van der Waals surface area contributed by atoms with Crippen LogP contribution in [-0.4, -0.2) is 26.8 Å². The number of methoxy groups -OCH3 is 1. The molecule has 0 saturated carbocycles. The average molecular weight is 208 g/mol. The number of benzene rings is 1. The van der Waals surface area contributed by atoms with Crippen LogP contribution in [0.5, 0.6) is 0 Å². The van der Waals surface area contributed by atoms with Crippen molar-refractivity contribution in [2.45, 2.75) is 12.8 Å². The summed E-state index contributed by atoms with van der Waals surface area (Å²) in [6, 6.07) is 8.07. The van der Waals surface area contributed by atoms with Crippen LogP contribution in [0.1, 0.15) is 12.0 Å². The lowest BCUT2D eigenvalue weighted by molar-refractivity contribution is 0.199. The van der Waals surface area contributed by atoms with Crippen molar-refractivity contribution in [2.75, 3.05) is 32.5 Å². The van der Waals surface area contributed by atoms with Crippen LogP contribution >= 0.6 is 0 Å². The molecule has 3 heteroatoms. The summed E-state index contributed by atoms with van der Waals surface area (Å²) >= 11 is 0. The number of ether oxygens (including phenoxy) is 1. The molecule has 0 aromatic heterocycles. The molecule has 0 spiro atoms. The number of rotatable bonds is 7. The number of aryl methyl sites for hydroxylation is 1. The van der Waals surface area contributed by atoms with Crippen molar-refractivity contribution in [3.63, 3.8) is 0 Å². The van der Waals surface area contributed by atoms with Crippen molar-refractivity contribution < 1.29 is 4.74 Å². The molecular formula is C12H20N2O. The summed E-state index contributed by atoms with van der Waals surface area (Å²) in [4.78, 5) is 0. The van der Waals surface area contributed by atoms with Crippen LogP contribution in [0.3, 0.4) is 0 Å². The Morgan fingerprint density at radius 2 is 2.20 bits per heavy atom. The molecule has 0 amide bonds. The van der Waals surface area contributed by atoms with E-state index in [-0.39, 0.29) is 0 Å². The fraction of sp³-hybridized carbons (Fsp3) is 0.500. The topological polar surface area (TPSA) is 47.3 Å². The summed E-state index contributed by atoms with van der Waals surface area (Å²) in [7, 11) is 1.72. The van der Waals surface area contributed by atoms with Gasteiger partial charge in [0, 0.05) is 19.3 Å². The zero-order valence-corrected chi connectivity index (χ0v) is 9.33. The minimum atomic E-state index is 0.776. The molecule has 3 N–H and O–H groups in total. The molecule has 0 aliphatic carbocycles. The molecule has 0 atom stereocenters. The van der Waals surface area contributed by atoms with Gasteiger partial charge in [0.2, 0.25) is 0 Å². The van der Waals surface area contributed by atoms with E-state index in [2.05, 4.69) is 11.4 Å². The lowest BCUT2D eigenvalue weighted by Crippen LogP contribution is -2.20. The maximum atomic E-state index is 5.70. The van der Waals surface area contributed by atoms with Crippen molar-refractivity contribution in [2.24, 2.45) is 0 Å². The van der Waals surface area contributed by atoms with E-state index in [0.29, 0.717) is 0 Å². The zero-order valence-electron chi connectivity index (χ0n) is 9.33. The van der Waals surface area contributed by atoms with Crippen LogP contribution in [0.4, 0.5) is 5.69 Å². The molecule has 0 heterocycles. The van der Waals surface area contributed by atoms with Crippen LogP contribution < -0.4 is 11.1 Å². The number of nitrogens with two attached hydrogens (primary N) is 1. The smallest absolute Gasteiger partial charge is 0.0587 e. The lowest BCUT2D eigenvalue weighted by Gasteiger charge is -2.04. The van der Waals surface area contributed by atoms with E-state index < -0.39 is 0 Å². The number of hydrogen-bond donors (Lipinski definition) is 2. The minimum Gasteiger partial charge on any atom is -0.399 e. The van der Waals surface area contributed by atoms with E-state index in [0.717, 1.165) is 38.2 Å². The fourth-order valence-electron chi connectivity index (χ4n) is 1.47. The van der Waals surface area contributed by atoms with Gasteiger partial charge in [-0.2, -0.15) is 0 Å². The summed E-state index contributed by atoms with van der Waals surface area (Å²) in [5, 5.41) is 3.31. The average Bonchev–Trinajstić information content (AvgIpc) is 2.23. The van der Waals surface area contributed by atoms with Gasteiger partial charge in [0.15, 0.2) is 0 Å². The van der Waals surface area contributed by atoms with Gasteiger partial charge in [-0.25, -0.2) is 0 Å². The Bertz CT molecular complexity index is 276. The Morgan fingerprint density at radius 3 is 2.93 bits per heavy atom. The summed E-state index contributed by atoms with van der Waals surface area (Å²) in [5.41, 5.74) is 7.85. The third-order valence-corrected chi connectivity index (χ3v) is 2.25. The second-order valence-electron chi connectivity index (χ2n) is 3.59. The highest BCUT2D eigenvalue weighted by Gasteiger charge is 1.93. The standard InChI is InChI=1S/C12H20N2O/c1-15-9-8-14-7-3-5-11-4-2-6-12(13)10-11/h2,4,6,10,14H,3,5,7-9,13H2,1H3. The predicted molar refractivity (Wildman–Crippen MR) is 63.9 cm³/mol. The first-order chi connectivity index (χ1) is 7.33. The van der Waals surface area contributed by atoms with E-state index in [4.69, 9.17) is 10.5 Å². The van der Waals surface area contributed by atoms with Gasteiger partial charge < -0.3 is 15.8 Å². The van der Waals surface area contributed by atoms with E-state index in [9.17, 15) is 0 Å². The molecule has 1 rings (SSSR count). The second kappa shape index (κ2) is 7.26. The lowest BCUT2D eigenvalue weighted by atomic mass is 10.1. The van der Waals surface area contributed by atoms with Gasteiger partial charge in [-0.05, 0) is 37.1 Å². The summed E-state index contributed by atoms with van der Waals surface area (Å²) < 4.78 is 4.94. The van der Waals surface area contributed by atoms with Crippen LogP contribution in [0.15, 0.2) is 24.3 Å². The molecule has 0 radical (unpaired) electrons. The molecule has 0 fully saturated rings. The molecule has 0 bridgehead atoms. The maximum absolute atomic E-state index is 5.70. The van der Waals surface area contributed by atoms with Gasteiger partial charge in [0.05, 0.1) is 6.61 Å². The highest BCUT2D eigenvalue weighted by atomic mass is 16.5. The third kappa shape index (κ3) is 5.40. The van der Waals surface area contributed by atoms with Gasteiger partial charge in [0.25, 0.3) is 0 Å². The highest BCUT2D eigenvalue weighted by Crippen LogP contribution is 2.08. The zero-order chi connectivity index (χ0) is 10.9. The second-order valence-corrected chi connectivity index (χ2v) is 3.59. The van der Waals surface area contributed by atoms with Crippen LogP contribution in [0.25, 0.3) is 0 Å². The highest BCUT2D eigenvalue weighted by molar-refractivity contribution is 5.40. The molecule has 0 aliphatic heterocycles. The van der Waals surface area contributed by atoms with E-state index in [1.807, 2.05) is 18.2 Å². The van der Waals surface area contributed by atoms with E-state index in [1.54, 1.807) is 7.11 Å². The van der Waals surface area contributed by atoms with E-state index in [1.165, 1.54) is 5.56 Å².